The van der Waals surface area contributed by atoms with E-state index in [1.165, 1.54) is 0 Å². The van der Waals surface area contributed by atoms with E-state index in [0.29, 0.717) is 0 Å². The van der Waals surface area contributed by atoms with E-state index in [0.717, 1.165) is 0 Å². The Morgan fingerprint density at radius 1 is 1.71 bits per heavy atom. The number of rotatable bonds is 2. The van der Waals surface area contributed by atoms with Crippen molar-refractivity contribution in [2.75, 3.05) is 6.16 Å². The van der Waals surface area contributed by atoms with Crippen LogP contribution in [0, 0.1) is 0 Å². The molecule has 1 unspecified atom stereocenters. The van der Waals surface area contributed by atoms with E-state index in [-0.39, 0.29) is 6.16 Å². The summed E-state index contributed by atoms with van der Waals surface area (Å²) in [6.07, 6.45) is -0.0432. The second-order valence-corrected chi connectivity index (χ2v) is 3.27. The molecule has 0 rings (SSSR count). The third-order valence-electron chi connectivity index (χ3n) is 0.294. The van der Waals surface area contributed by atoms with Gasteiger partial charge in [-0.05, 0) is 4.57 Å². The van der Waals surface area contributed by atoms with Gasteiger partial charge in [0.05, 0.1) is 0 Å². The highest BCUT2D eigenvalue weighted by Gasteiger charge is 2.15. The minimum Gasteiger partial charge on any atom is -0.161 e. The number of hydrogen-bond acceptors (Lipinski definition) is 1. The lowest BCUT2D eigenvalue weighted by molar-refractivity contribution is 0.504. The minimum atomic E-state index is -2.15. The van der Waals surface area contributed by atoms with Crippen LogP contribution in [0.25, 0.3) is 0 Å². The molecule has 0 radical (unpaired) electrons. The lowest BCUT2D eigenvalue weighted by atomic mass is 10.9. The quantitative estimate of drug-likeness (QED) is 0.493. The van der Waals surface area contributed by atoms with Crippen LogP contribution in [0.2, 0.25) is 0 Å². The van der Waals surface area contributed by atoms with Crippen LogP contribution in [0.5, 0.6) is 0 Å². The Morgan fingerprint density at radius 2 is 2.14 bits per heavy atom. The van der Waals surface area contributed by atoms with Crippen molar-refractivity contribution in [2.45, 2.75) is 4.84 Å². The largest absolute Gasteiger partial charge is 0.508 e. The van der Waals surface area contributed by atoms with Crippen LogP contribution in [0.3, 0.4) is 0 Å². The fraction of sp³-hybridized carbons (Fsp3) is 1.00. The van der Waals surface area contributed by atoms with E-state index in [2.05, 4.69) is 0 Å². The highest BCUT2D eigenvalue weighted by molar-refractivity contribution is 7.38. The zero-order valence-electron chi connectivity index (χ0n) is 3.34. The van der Waals surface area contributed by atoms with Gasteiger partial charge in [-0.25, -0.2) is 0 Å². The van der Waals surface area contributed by atoms with Gasteiger partial charge < -0.3 is 0 Å². The Balaban J connectivity index is 3.13. The Bertz CT molecular complexity index is 74.1. The van der Waals surface area contributed by atoms with E-state index in [1.807, 2.05) is 0 Å². The highest BCUT2D eigenvalue weighted by Crippen LogP contribution is 2.19. The van der Waals surface area contributed by atoms with Gasteiger partial charge in [-0.2, -0.15) is 4.89 Å². The minimum absolute atomic E-state index is 0.0432. The molecule has 0 fully saturated rings. The molecule has 5 heteroatoms. The summed E-state index contributed by atoms with van der Waals surface area (Å²) in [5, 5.41) is 0. The van der Waals surface area contributed by atoms with Crippen LogP contribution in [0.4, 0.5) is 0 Å². The summed E-state index contributed by atoms with van der Waals surface area (Å²) in [5.74, 6) is 0. The molecule has 0 aliphatic heterocycles. The molecule has 0 amide bonds. The average Bonchev–Trinajstić information content (AvgIpc) is 1.27. The molecule has 0 heterocycles. The molecule has 7 heavy (non-hydrogen) atoms. The summed E-state index contributed by atoms with van der Waals surface area (Å²) < 4.78 is 9.79. The van der Waals surface area contributed by atoms with Gasteiger partial charge in [0.25, 0.3) is 0 Å². The predicted molar refractivity (Wildman–Crippen MR) is 30.2 cm³/mol. The van der Waals surface area contributed by atoms with Gasteiger partial charge >= 0.3 is 8.03 Å². The van der Waals surface area contributed by atoms with E-state index in [9.17, 15) is 4.57 Å². The molecule has 42 valence electrons. The Kier molecular flexibility index (Phi) is 3.95. The highest BCUT2D eigenvalue weighted by atomic mass is 35.5. The van der Waals surface area contributed by atoms with E-state index in [4.69, 9.17) is 28.1 Å². The first-order valence-electron chi connectivity index (χ1n) is 1.54. The van der Waals surface area contributed by atoms with Crippen LogP contribution in [0.1, 0.15) is 0 Å². The maximum Gasteiger partial charge on any atom is 0.508 e. The van der Waals surface area contributed by atoms with Crippen molar-refractivity contribution in [1.82, 2.24) is 0 Å². The van der Waals surface area contributed by atoms with Crippen LogP contribution in [0.15, 0.2) is 0 Å². The molecule has 0 saturated carbocycles. The molecular formula is C2H4Cl2O2P+. The zero-order chi connectivity index (χ0) is 5.86. The summed E-state index contributed by atoms with van der Waals surface area (Å²) >= 11 is 10.2. The maximum absolute atomic E-state index is 9.79. The molecule has 0 aromatic rings. The second-order valence-electron chi connectivity index (χ2n) is 0.926. The molecule has 0 spiro atoms. The standard InChI is InChI=1S/C2H3Cl2O2P/c3-2(4)1-7(5)6/h2H,1H2/p+1. The van der Waals surface area contributed by atoms with Crippen molar-refractivity contribution in [1.29, 1.82) is 0 Å². The molecule has 1 atom stereocenters. The smallest absolute Gasteiger partial charge is 0.161 e. The summed E-state index contributed by atoms with van der Waals surface area (Å²) in [6.45, 7) is 0. The first-order valence-corrected chi connectivity index (χ1v) is 3.81. The van der Waals surface area contributed by atoms with Crippen molar-refractivity contribution in [3.63, 3.8) is 0 Å². The summed E-state index contributed by atoms with van der Waals surface area (Å²) in [4.78, 5) is 7.35. The number of alkyl halides is 2. The van der Waals surface area contributed by atoms with Crippen molar-refractivity contribution in [3.8, 4) is 0 Å². The fourth-order valence-electron chi connectivity index (χ4n) is 0.118. The summed E-state index contributed by atoms with van der Waals surface area (Å²) in [6, 6.07) is 0. The maximum atomic E-state index is 9.79. The topological polar surface area (TPSA) is 37.3 Å². The molecule has 2 nitrogen and oxygen atoms in total. The molecule has 0 aromatic carbocycles. The van der Waals surface area contributed by atoms with Crippen LogP contribution < -0.4 is 0 Å². The predicted octanol–water partition coefficient (Wildman–Crippen LogP) is 1.52. The number of halogens is 2. The van der Waals surface area contributed by atoms with Crippen molar-refractivity contribution >= 4 is 31.2 Å². The SMILES string of the molecule is O=[P+](O)CC(Cl)Cl. The first-order chi connectivity index (χ1) is 3.13. The molecule has 0 aliphatic rings. The van der Waals surface area contributed by atoms with Gasteiger partial charge in [-0.1, -0.05) is 0 Å². The van der Waals surface area contributed by atoms with Crippen molar-refractivity contribution < 1.29 is 9.46 Å². The van der Waals surface area contributed by atoms with E-state index < -0.39 is 12.9 Å². The van der Waals surface area contributed by atoms with E-state index in [1.54, 1.807) is 0 Å². The fourth-order valence-corrected chi connectivity index (χ4v) is 1.06. The summed E-state index contributed by atoms with van der Waals surface area (Å²) in [7, 11) is -2.15. The summed E-state index contributed by atoms with van der Waals surface area (Å²) in [5.41, 5.74) is 0. The van der Waals surface area contributed by atoms with Gasteiger partial charge in [0.2, 0.25) is 6.16 Å². The molecule has 1 N–H and O–H groups in total. The zero-order valence-corrected chi connectivity index (χ0v) is 5.75. The Hall–Kier alpha value is 0.640. The van der Waals surface area contributed by atoms with Crippen LogP contribution in [-0.4, -0.2) is 15.9 Å². The molecular weight excluding hydrogens is 158 g/mol. The Labute approximate surface area is 52.3 Å². The van der Waals surface area contributed by atoms with Gasteiger partial charge in [0, 0.05) is 0 Å². The number of hydrogen-bond donors (Lipinski definition) is 1. The third-order valence-corrected chi connectivity index (χ3v) is 1.71. The molecule has 0 saturated heterocycles. The van der Waals surface area contributed by atoms with E-state index >= 15 is 0 Å². The lowest BCUT2D eigenvalue weighted by Gasteiger charge is -1.80. The third kappa shape index (κ3) is 6.64. The van der Waals surface area contributed by atoms with Crippen LogP contribution >= 0.6 is 31.2 Å². The average molecular weight is 162 g/mol. The second kappa shape index (κ2) is 3.62. The van der Waals surface area contributed by atoms with Gasteiger partial charge in [0.15, 0.2) is 4.84 Å². The van der Waals surface area contributed by atoms with Gasteiger partial charge in [-0.15, -0.1) is 23.2 Å². The molecule has 0 bridgehead atoms. The molecule has 0 aromatic heterocycles. The van der Waals surface area contributed by atoms with Crippen LogP contribution in [-0.2, 0) is 4.57 Å². The Morgan fingerprint density at radius 3 is 2.14 bits per heavy atom. The normalized spacial score (nSPS) is 12.3. The van der Waals surface area contributed by atoms with Gasteiger partial charge in [-0.3, -0.25) is 0 Å². The van der Waals surface area contributed by atoms with Crippen molar-refractivity contribution in [3.05, 3.63) is 0 Å². The molecule has 0 aliphatic carbocycles. The first kappa shape index (κ1) is 7.64. The van der Waals surface area contributed by atoms with Crippen molar-refractivity contribution in [2.24, 2.45) is 0 Å². The monoisotopic (exact) mass is 161 g/mol. The van der Waals surface area contributed by atoms with Gasteiger partial charge in [0.1, 0.15) is 0 Å². The lowest BCUT2D eigenvalue weighted by Crippen LogP contribution is -1.87.